The minimum absolute atomic E-state index is 0.158. The van der Waals surface area contributed by atoms with Crippen molar-refractivity contribution >= 4 is 21.4 Å². The summed E-state index contributed by atoms with van der Waals surface area (Å²) >= 11 is 1.56. The van der Waals surface area contributed by atoms with E-state index in [1.165, 1.54) is 19.3 Å². The van der Waals surface area contributed by atoms with E-state index in [0.29, 0.717) is 10.8 Å². The summed E-state index contributed by atoms with van der Waals surface area (Å²) in [5.41, 5.74) is 0. The number of nitrogens with one attached hydrogen (secondary N) is 2. The van der Waals surface area contributed by atoms with Crippen molar-refractivity contribution in [2.75, 3.05) is 7.05 Å². The molecule has 0 spiro atoms. The number of thiophene rings is 1. The van der Waals surface area contributed by atoms with E-state index in [0.717, 1.165) is 28.6 Å². The van der Waals surface area contributed by atoms with Gasteiger partial charge in [0.25, 0.3) is 0 Å². The highest BCUT2D eigenvalue weighted by molar-refractivity contribution is 7.89. The SMILES string of the molecule is CNCc1cc(S(=O)(=O)NC2CC3CCC2C3)c(C)s1. The van der Waals surface area contributed by atoms with Crippen LogP contribution < -0.4 is 10.0 Å². The number of hydrogen-bond acceptors (Lipinski definition) is 4. The zero-order chi connectivity index (χ0) is 14.3. The second-order valence-corrected chi connectivity index (χ2v) is 9.09. The predicted molar refractivity (Wildman–Crippen MR) is 81.4 cm³/mol. The van der Waals surface area contributed by atoms with E-state index in [1.54, 1.807) is 11.3 Å². The summed E-state index contributed by atoms with van der Waals surface area (Å²) in [6.07, 6.45) is 4.70. The molecule has 0 saturated heterocycles. The lowest BCUT2D eigenvalue weighted by molar-refractivity contribution is 0.390. The van der Waals surface area contributed by atoms with Gasteiger partial charge >= 0.3 is 0 Å². The van der Waals surface area contributed by atoms with Gasteiger partial charge in [0.2, 0.25) is 10.0 Å². The maximum atomic E-state index is 12.6. The molecule has 3 unspecified atom stereocenters. The molecule has 3 rings (SSSR count). The Morgan fingerprint density at radius 2 is 2.15 bits per heavy atom. The third-order valence-corrected chi connectivity index (χ3v) is 7.40. The van der Waals surface area contributed by atoms with E-state index in [4.69, 9.17) is 0 Å². The summed E-state index contributed by atoms with van der Waals surface area (Å²) in [4.78, 5) is 2.42. The van der Waals surface area contributed by atoms with Crippen LogP contribution in [0.5, 0.6) is 0 Å². The van der Waals surface area contributed by atoms with Gasteiger partial charge in [-0.3, -0.25) is 0 Å². The van der Waals surface area contributed by atoms with Crippen LogP contribution in [-0.2, 0) is 16.6 Å². The minimum atomic E-state index is -3.36. The van der Waals surface area contributed by atoms with Crippen LogP contribution in [-0.4, -0.2) is 21.5 Å². The van der Waals surface area contributed by atoms with Crippen molar-refractivity contribution in [3.8, 4) is 0 Å². The number of fused-ring (bicyclic) bond motifs is 2. The average molecular weight is 314 g/mol. The molecule has 0 aromatic carbocycles. The van der Waals surface area contributed by atoms with Crippen molar-refractivity contribution in [1.29, 1.82) is 0 Å². The van der Waals surface area contributed by atoms with Crippen LogP contribution in [0.1, 0.15) is 35.4 Å². The zero-order valence-corrected chi connectivity index (χ0v) is 13.6. The third-order valence-electron chi connectivity index (χ3n) is 4.61. The van der Waals surface area contributed by atoms with Gasteiger partial charge in [-0.25, -0.2) is 13.1 Å². The van der Waals surface area contributed by atoms with Crippen molar-refractivity contribution in [2.45, 2.75) is 50.1 Å². The number of aryl methyl sites for hydroxylation is 1. The predicted octanol–water partition coefficient (Wildman–Crippen LogP) is 2.24. The average Bonchev–Trinajstić information content (AvgIpc) is 3.04. The highest BCUT2D eigenvalue weighted by atomic mass is 32.2. The summed E-state index contributed by atoms with van der Waals surface area (Å²) in [6.45, 7) is 2.61. The molecule has 2 aliphatic rings. The van der Waals surface area contributed by atoms with Crippen LogP contribution in [0.4, 0.5) is 0 Å². The normalized spacial score (nSPS) is 29.2. The second kappa shape index (κ2) is 5.40. The fourth-order valence-electron chi connectivity index (χ4n) is 3.70. The molecule has 1 aromatic heterocycles. The van der Waals surface area contributed by atoms with E-state index >= 15 is 0 Å². The first-order chi connectivity index (χ1) is 9.49. The highest BCUT2D eigenvalue weighted by Crippen LogP contribution is 2.45. The molecule has 2 aliphatic carbocycles. The first kappa shape index (κ1) is 14.5. The van der Waals surface area contributed by atoms with Gasteiger partial charge in [0.1, 0.15) is 0 Å². The van der Waals surface area contributed by atoms with Crippen LogP contribution in [0.2, 0.25) is 0 Å². The molecule has 1 aromatic rings. The van der Waals surface area contributed by atoms with Gasteiger partial charge in [-0.15, -0.1) is 11.3 Å². The Bertz CT molecular complexity index is 594. The molecule has 1 heterocycles. The van der Waals surface area contributed by atoms with Crippen molar-refractivity contribution in [2.24, 2.45) is 11.8 Å². The molecule has 0 aliphatic heterocycles. The number of sulfonamides is 1. The number of hydrogen-bond donors (Lipinski definition) is 2. The van der Waals surface area contributed by atoms with E-state index < -0.39 is 10.0 Å². The van der Waals surface area contributed by atoms with Gasteiger partial charge in [-0.1, -0.05) is 6.42 Å². The maximum absolute atomic E-state index is 12.6. The van der Waals surface area contributed by atoms with Crippen molar-refractivity contribution in [3.63, 3.8) is 0 Å². The van der Waals surface area contributed by atoms with E-state index in [-0.39, 0.29) is 6.04 Å². The van der Waals surface area contributed by atoms with Gasteiger partial charge in [0.05, 0.1) is 4.90 Å². The minimum Gasteiger partial charge on any atom is -0.315 e. The van der Waals surface area contributed by atoms with Gasteiger partial charge in [0, 0.05) is 22.3 Å². The summed E-state index contributed by atoms with van der Waals surface area (Å²) in [5.74, 6) is 1.31. The fraction of sp³-hybridized carbons (Fsp3) is 0.714. The van der Waals surface area contributed by atoms with E-state index in [2.05, 4.69) is 10.0 Å². The molecule has 3 atom stereocenters. The molecule has 20 heavy (non-hydrogen) atoms. The van der Waals surface area contributed by atoms with Crippen LogP contribution in [0.3, 0.4) is 0 Å². The first-order valence-corrected chi connectivity index (χ1v) is 9.56. The Hall–Kier alpha value is -0.430. The smallest absolute Gasteiger partial charge is 0.241 e. The van der Waals surface area contributed by atoms with Crippen LogP contribution in [0.25, 0.3) is 0 Å². The Labute approximate surface area is 125 Å². The molecule has 2 bridgehead atoms. The van der Waals surface area contributed by atoms with Gasteiger partial charge < -0.3 is 5.32 Å². The summed E-state index contributed by atoms with van der Waals surface area (Å²) in [6, 6.07) is 1.97. The Kier molecular flexibility index (Phi) is 3.92. The van der Waals surface area contributed by atoms with Crippen molar-refractivity contribution in [1.82, 2.24) is 10.0 Å². The van der Waals surface area contributed by atoms with E-state index in [1.807, 2.05) is 20.0 Å². The largest absolute Gasteiger partial charge is 0.315 e. The molecule has 2 fully saturated rings. The molecular weight excluding hydrogens is 292 g/mol. The quantitative estimate of drug-likeness (QED) is 0.876. The summed E-state index contributed by atoms with van der Waals surface area (Å²) in [5, 5.41) is 3.07. The standard InChI is InChI=1S/C14H22N2O2S2/c1-9-14(7-12(19-9)8-15-2)20(17,18)16-13-6-10-3-4-11(13)5-10/h7,10-11,13,15-16H,3-6,8H2,1-2H3. The first-order valence-electron chi connectivity index (χ1n) is 7.26. The van der Waals surface area contributed by atoms with Gasteiger partial charge in [-0.05, 0) is 51.1 Å². The van der Waals surface area contributed by atoms with Crippen molar-refractivity contribution in [3.05, 3.63) is 15.8 Å². The molecular formula is C14H22N2O2S2. The highest BCUT2D eigenvalue weighted by Gasteiger charge is 2.41. The topological polar surface area (TPSA) is 58.2 Å². The lowest BCUT2D eigenvalue weighted by Gasteiger charge is -2.22. The van der Waals surface area contributed by atoms with E-state index in [9.17, 15) is 8.42 Å². The maximum Gasteiger partial charge on any atom is 0.241 e. The molecule has 0 radical (unpaired) electrons. The van der Waals surface area contributed by atoms with Gasteiger partial charge in [-0.2, -0.15) is 0 Å². The second-order valence-electron chi connectivity index (χ2n) is 6.07. The molecule has 6 heteroatoms. The molecule has 112 valence electrons. The summed E-state index contributed by atoms with van der Waals surface area (Å²) < 4.78 is 28.1. The molecule has 0 amide bonds. The molecule has 2 saturated carbocycles. The molecule has 2 N–H and O–H groups in total. The Balaban J connectivity index is 1.78. The lowest BCUT2D eigenvalue weighted by Crippen LogP contribution is -2.38. The Morgan fingerprint density at radius 1 is 1.35 bits per heavy atom. The Morgan fingerprint density at radius 3 is 2.75 bits per heavy atom. The lowest BCUT2D eigenvalue weighted by atomic mass is 9.96. The van der Waals surface area contributed by atoms with Crippen LogP contribution >= 0.6 is 11.3 Å². The monoisotopic (exact) mass is 314 g/mol. The summed E-state index contributed by atoms with van der Waals surface area (Å²) in [7, 11) is -1.49. The zero-order valence-electron chi connectivity index (χ0n) is 12.0. The molecule has 4 nitrogen and oxygen atoms in total. The third kappa shape index (κ3) is 2.66. The fourth-order valence-corrected chi connectivity index (χ4v) is 6.67. The van der Waals surface area contributed by atoms with Crippen LogP contribution in [0.15, 0.2) is 11.0 Å². The number of rotatable bonds is 5. The van der Waals surface area contributed by atoms with Crippen molar-refractivity contribution < 1.29 is 8.42 Å². The van der Waals surface area contributed by atoms with Gasteiger partial charge in [0.15, 0.2) is 0 Å². The van der Waals surface area contributed by atoms with Crippen LogP contribution in [0, 0.1) is 18.8 Å².